The SMILES string of the molecule is C[C@H](NCC(=O)N(CC(=O)N(CC(=O)N(CC(=O)N(CC(=O)N(CC(=O)N(CC(N)=O)[C@@H](C)c1ccccc1)Cc1ccccc1)[C@@H](C)c1ccccc1)C1CC(C)(C)N([O])C(C)(C)C1)Cc1ccccc1)[C@@H](C)c1ccccc1)c1ccccc1. The van der Waals surface area contributed by atoms with E-state index in [0.717, 1.165) is 27.3 Å². The van der Waals surface area contributed by atoms with Gasteiger partial charge in [-0.1, -0.05) is 182 Å². The van der Waals surface area contributed by atoms with E-state index in [4.69, 9.17) is 5.73 Å². The number of nitrogens with zero attached hydrogens (tertiary/aromatic N) is 7. The zero-order valence-corrected chi connectivity index (χ0v) is 51.0. The number of primary amides is 1. The molecule has 1 fully saturated rings. The van der Waals surface area contributed by atoms with Gasteiger partial charge in [0, 0.05) is 36.3 Å². The van der Waals surface area contributed by atoms with E-state index >= 15 is 19.2 Å². The van der Waals surface area contributed by atoms with Crippen LogP contribution in [-0.4, -0.2) is 139 Å². The minimum atomic E-state index is -1.01. The Kier molecular flexibility index (Phi) is 22.7. The molecule has 4 atom stereocenters. The van der Waals surface area contributed by atoms with Gasteiger partial charge >= 0.3 is 0 Å². The van der Waals surface area contributed by atoms with Gasteiger partial charge in [0.2, 0.25) is 41.4 Å². The Morgan fingerprint density at radius 3 is 1.15 bits per heavy atom. The number of hydrogen-bond donors (Lipinski definition) is 2. The van der Waals surface area contributed by atoms with Crippen molar-refractivity contribution in [2.75, 3.05) is 45.8 Å². The van der Waals surface area contributed by atoms with Gasteiger partial charge in [0.25, 0.3) is 0 Å². The summed E-state index contributed by atoms with van der Waals surface area (Å²) in [6.07, 6.45) is 0.334. The number of piperidine rings is 1. The highest BCUT2D eigenvalue weighted by Gasteiger charge is 2.49. The number of amides is 7. The van der Waals surface area contributed by atoms with Crippen molar-refractivity contribution in [2.24, 2.45) is 5.73 Å². The van der Waals surface area contributed by atoms with Gasteiger partial charge in [0.1, 0.15) is 32.7 Å². The zero-order valence-electron chi connectivity index (χ0n) is 51.0. The van der Waals surface area contributed by atoms with E-state index in [1.165, 1.54) is 29.4 Å². The standard InChI is InChI=1S/C69H84N9O8/c1-50(56-31-19-11-20-32-56)71-41-62(80)75(52(3)58-35-23-13-24-36-58)47-63(81)73(43-55-29-17-10-18-30-55)46-66(84)77(60-39-68(5,6)78(86)69(7,8)40-60)49-67(85)76(53(4)59-37-25-14-26-38-59)48-64(82)72(42-54-27-15-9-16-28-54)45-65(83)74(44-61(70)79)51(2)57-33-21-12-22-34-57/h9-38,50-53,60,71H,39-49H2,1-8H3,(H2,70,79)/t50-,51-,52-,53-/m0/s1. The summed E-state index contributed by atoms with van der Waals surface area (Å²) in [4.78, 5) is 112. The molecule has 0 aliphatic carbocycles. The molecule has 0 bridgehead atoms. The predicted octanol–water partition coefficient (Wildman–Crippen LogP) is 8.85. The molecule has 6 aromatic rings. The summed E-state index contributed by atoms with van der Waals surface area (Å²) in [6.45, 7) is 11.6. The van der Waals surface area contributed by atoms with Crippen molar-refractivity contribution in [3.05, 3.63) is 215 Å². The van der Waals surface area contributed by atoms with Crippen molar-refractivity contribution in [3.8, 4) is 0 Å². The first-order valence-corrected chi connectivity index (χ1v) is 29.5. The number of hydrogen-bond acceptors (Lipinski definition) is 9. The normalized spacial score (nSPS) is 15.2. The molecule has 453 valence electrons. The summed E-state index contributed by atoms with van der Waals surface area (Å²) < 4.78 is 0. The highest BCUT2D eigenvalue weighted by Crippen LogP contribution is 2.39. The summed E-state index contributed by atoms with van der Waals surface area (Å²) in [6, 6.07) is 53.0. The van der Waals surface area contributed by atoms with E-state index in [1.54, 1.807) is 41.5 Å². The van der Waals surface area contributed by atoms with E-state index in [9.17, 15) is 19.6 Å². The van der Waals surface area contributed by atoms with Crippen LogP contribution in [0.15, 0.2) is 182 Å². The van der Waals surface area contributed by atoms with Crippen LogP contribution < -0.4 is 11.1 Å². The van der Waals surface area contributed by atoms with Gasteiger partial charge in [-0.2, -0.15) is 0 Å². The molecule has 17 heteroatoms. The average molecular weight is 1170 g/mol. The van der Waals surface area contributed by atoms with E-state index in [1.807, 2.05) is 196 Å². The molecule has 6 aromatic carbocycles. The van der Waals surface area contributed by atoms with Crippen LogP contribution in [0.2, 0.25) is 0 Å². The van der Waals surface area contributed by atoms with Gasteiger partial charge in [0.05, 0.1) is 31.2 Å². The summed E-state index contributed by atoms with van der Waals surface area (Å²) in [5.74, 6) is -3.89. The molecule has 0 saturated carbocycles. The van der Waals surface area contributed by atoms with Gasteiger partial charge in [-0.3, -0.25) is 33.6 Å². The number of carbonyl (C=O) groups excluding carboxylic acids is 7. The highest BCUT2D eigenvalue weighted by molar-refractivity contribution is 5.93. The van der Waals surface area contributed by atoms with Gasteiger partial charge < -0.3 is 40.4 Å². The lowest BCUT2D eigenvalue weighted by molar-refractivity contribution is -0.293. The minimum absolute atomic E-state index is 0.0170. The van der Waals surface area contributed by atoms with E-state index in [2.05, 4.69) is 5.32 Å². The van der Waals surface area contributed by atoms with Crippen LogP contribution in [0.25, 0.3) is 0 Å². The monoisotopic (exact) mass is 1170 g/mol. The van der Waals surface area contributed by atoms with E-state index in [0.29, 0.717) is 11.1 Å². The molecule has 0 aromatic heterocycles. The first-order valence-electron chi connectivity index (χ1n) is 29.5. The lowest BCUT2D eigenvalue weighted by Gasteiger charge is -2.52. The molecule has 7 amide bonds. The fraction of sp³-hybridized carbons (Fsp3) is 0.377. The van der Waals surface area contributed by atoms with Crippen LogP contribution in [0.1, 0.15) is 126 Å². The smallest absolute Gasteiger partial charge is 0.243 e. The van der Waals surface area contributed by atoms with Gasteiger partial charge in [-0.05, 0) is 102 Å². The number of carbonyl (C=O) groups is 7. The first kappa shape index (κ1) is 65.0. The predicted molar refractivity (Wildman–Crippen MR) is 331 cm³/mol. The van der Waals surface area contributed by atoms with Crippen LogP contribution in [0.4, 0.5) is 0 Å². The molecule has 86 heavy (non-hydrogen) atoms. The molecule has 1 heterocycles. The molecule has 7 rings (SSSR count). The Balaban J connectivity index is 1.24. The largest absolute Gasteiger partial charge is 0.368 e. The van der Waals surface area contributed by atoms with Crippen molar-refractivity contribution < 1.29 is 38.8 Å². The van der Waals surface area contributed by atoms with Crippen LogP contribution in [0, 0.1) is 0 Å². The third-order valence-corrected chi connectivity index (χ3v) is 16.4. The molecule has 0 spiro atoms. The zero-order chi connectivity index (χ0) is 62.1. The van der Waals surface area contributed by atoms with E-state index < -0.39 is 103 Å². The molecule has 0 unspecified atom stereocenters. The number of hydroxylamine groups is 2. The third-order valence-electron chi connectivity index (χ3n) is 16.4. The van der Waals surface area contributed by atoms with E-state index in [-0.39, 0.29) is 51.0 Å². The number of rotatable bonds is 27. The van der Waals surface area contributed by atoms with Crippen molar-refractivity contribution in [3.63, 3.8) is 0 Å². The van der Waals surface area contributed by atoms with Crippen molar-refractivity contribution >= 4 is 41.4 Å². The second-order valence-electron chi connectivity index (χ2n) is 23.8. The summed E-state index contributed by atoms with van der Waals surface area (Å²) in [5, 5.41) is 18.4. The maximum atomic E-state index is 15.7. The maximum Gasteiger partial charge on any atom is 0.243 e. The fourth-order valence-corrected chi connectivity index (χ4v) is 11.6. The summed E-state index contributed by atoms with van der Waals surface area (Å²) in [7, 11) is 0. The fourth-order valence-electron chi connectivity index (χ4n) is 11.6. The molecule has 17 nitrogen and oxygen atoms in total. The van der Waals surface area contributed by atoms with Crippen molar-refractivity contribution in [2.45, 2.75) is 123 Å². The van der Waals surface area contributed by atoms with Gasteiger partial charge in [-0.15, -0.1) is 10.3 Å². The minimum Gasteiger partial charge on any atom is -0.368 e. The quantitative estimate of drug-likeness (QED) is 0.0506. The summed E-state index contributed by atoms with van der Waals surface area (Å²) >= 11 is 0. The van der Waals surface area contributed by atoms with Crippen LogP contribution in [0.5, 0.6) is 0 Å². The molecular weight excluding hydrogens is 1080 g/mol. The molecule has 1 aliphatic rings. The van der Waals surface area contributed by atoms with Gasteiger partial charge in [0.15, 0.2) is 0 Å². The lowest BCUT2D eigenvalue weighted by Crippen LogP contribution is -2.64. The van der Waals surface area contributed by atoms with Crippen LogP contribution in [-0.2, 0) is 51.9 Å². The number of nitrogens with one attached hydrogen (secondary N) is 1. The van der Waals surface area contributed by atoms with Crippen LogP contribution in [0.3, 0.4) is 0 Å². The Morgan fingerprint density at radius 2 is 0.767 bits per heavy atom. The maximum absolute atomic E-state index is 15.7. The molecule has 3 N–H and O–H groups in total. The molecular formula is C69H84N9O8. The lowest BCUT2D eigenvalue weighted by atomic mass is 9.78. The topological polar surface area (TPSA) is 200 Å². The third kappa shape index (κ3) is 17.6. The molecule has 1 radical (unpaired) electrons. The van der Waals surface area contributed by atoms with Crippen molar-refractivity contribution in [1.29, 1.82) is 0 Å². The highest BCUT2D eigenvalue weighted by atomic mass is 16.5. The Hall–Kier alpha value is -8.51. The Morgan fingerprint density at radius 1 is 0.442 bits per heavy atom. The molecule has 1 saturated heterocycles. The second-order valence-corrected chi connectivity index (χ2v) is 23.8. The summed E-state index contributed by atoms with van der Waals surface area (Å²) in [5.41, 5.74) is 8.38. The Bertz CT molecular complexity index is 3180. The number of benzene rings is 6. The average Bonchev–Trinajstić information content (AvgIpc) is 0.940. The second kappa shape index (κ2) is 30.0. The number of nitrogens with two attached hydrogens (primary N) is 1. The van der Waals surface area contributed by atoms with Gasteiger partial charge in [-0.25, -0.2) is 0 Å². The molecule has 1 aliphatic heterocycles. The Labute approximate surface area is 507 Å². The van der Waals surface area contributed by atoms with Crippen LogP contribution >= 0.6 is 0 Å². The van der Waals surface area contributed by atoms with Crippen molar-refractivity contribution in [1.82, 2.24) is 39.8 Å². The first-order chi connectivity index (χ1) is 41.0.